The summed E-state index contributed by atoms with van der Waals surface area (Å²) in [6, 6.07) is 0. The van der Waals surface area contributed by atoms with E-state index in [0.29, 0.717) is 5.92 Å². The van der Waals surface area contributed by atoms with Crippen LogP contribution in [0.3, 0.4) is 0 Å². The lowest BCUT2D eigenvalue weighted by Gasteiger charge is -2.07. The van der Waals surface area contributed by atoms with Crippen LogP contribution in [0.2, 0.25) is 0 Å². The lowest BCUT2D eigenvalue weighted by atomic mass is 10.0. The molecule has 0 heterocycles. The molecule has 0 unspecified atom stereocenters. The molecular formula is C25H48O2. The third-order valence-electron chi connectivity index (χ3n) is 5.28. The van der Waals surface area contributed by atoms with Gasteiger partial charge in [-0.1, -0.05) is 123 Å². The highest BCUT2D eigenvalue weighted by Gasteiger charge is 2.09. The normalized spacial score (nSPS) is 12.0. The first-order chi connectivity index (χ1) is 13.1. The number of unbranched alkanes of at least 4 members (excludes halogenated alkanes) is 15. The molecule has 0 aliphatic rings. The molecule has 0 fully saturated rings. The maximum atomic E-state index is 11.7. The molecule has 0 aromatic rings. The maximum Gasteiger partial charge on any atom is 0.333 e. The Hall–Kier alpha value is -0.790. The van der Waals surface area contributed by atoms with Gasteiger partial charge in [-0.3, -0.25) is 0 Å². The van der Waals surface area contributed by atoms with Crippen LogP contribution in [0.15, 0.2) is 11.6 Å². The van der Waals surface area contributed by atoms with Gasteiger partial charge in [0.05, 0.1) is 7.11 Å². The van der Waals surface area contributed by atoms with Gasteiger partial charge in [-0.15, -0.1) is 0 Å². The van der Waals surface area contributed by atoms with Crippen molar-refractivity contribution in [2.75, 3.05) is 7.11 Å². The Morgan fingerprint density at radius 1 is 0.704 bits per heavy atom. The molecule has 0 bridgehead atoms. The fourth-order valence-corrected chi connectivity index (χ4v) is 3.65. The summed E-state index contributed by atoms with van der Waals surface area (Å²) in [5.41, 5.74) is 0.859. The zero-order chi connectivity index (χ0) is 20.2. The Bertz CT molecular complexity index is 357. The highest BCUT2D eigenvalue weighted by Crippen LogP contribution is 2.16. The van der Waals surface area contributed by atoms with Crippen molar-refractivity contribution in [3.63, 3.8) is 0 Å². The van der Waals surface area contributed by atoms with Crippen LogP contribution >= 0.6 is 0 Å². The van der Waals surface area contributed by atoms with Crippen molar-refractivity contribution in [3.05, 3.63) is 11.6 Å². The molecule has 2 heteroatoms. The van der Waals surface area contributed by atoms with Gasteiger partial charge < -0.3 is 4.74 Å². The molecule has 2 nitrogen and oxygen atoms in total. The summed E-state index contributed by atoms with van der Waals surface area (Å²) in [6.45, 7) is 6.50. The van der Waals surface area contributed by atoms with E-state index in [1.807, 2.05) is 0 Å². The second kappa shape index (κ2) is 20.0. The van der Waals surface area contributed by atoms with E-state index < -0.39 is 0 Å². The minimum atomic E-state index is -0.148. The number of ether oxygens (including phenoxy) is 1. The SMILES string of the molecule is CCCCCCCCCCCCCCCCCCC(=CC(C)C)C(=O)OC. The van der Waals surface area contributed by atoms with Crippen LogP contribution in [0.4, 0.5) is 0 Å². The molecular weight excluding hydrogens is 332 g/mol. The summed E-state index contributed by atoms with van der Waals surface area (Å²) in [5.74, 6) is 0.254. The molecule has 0 radical (unpaired) electrons. The van der Waals surface area contributed by atoms with E-state index in [9.17, 15) is 4.79 Å². The number of hydrogen-bond donors (Lipinski definition) is 0. The number of carbonyl (C=O) groups is 1. The Balaban J connectivity index is 3.39. The number of hydrogen-bond acceptors (Lipinski definition) is 2. The summed E-state index contributed by atoms with van der Waals surface area (Å²) < 4.78 is 4.89. The molecule has 0 amide bonds. The van der Waals surface area contributed by atoms with Crippen LogP contribution in [0, 0.1) is 5.92 Å². The number of esters is 1. The average molecular weight is 381 g/mol. The predicted molar refractivity (Wildman–Crippen MR) is 119 cm³/mol. The van der Waals surface area contributed by atoms with E-state index in [2.05, 4.69) is 26.8 Å². The Morgan fingerprint density at radius 2 is 1.07 bits per heavy atom. The molecule has 0 N–H and O–H groups in total. The quantitative estimate of drug-likeness (QED) is 0.128. The predicted octanol–water partition coefficient (Wildman–Crippen LogP) is 8.39. The van der Waals surface area contributed by atoms with Crippen LogP contribution in [0.1, 0.15) is 130 Å². The number of rotatable bonds is 19. The van der Waals surface area contributed by atoms with Gasteiger partial charge in [-0.25, -0.2) is 4.79 Å². The number of carbonyl (C=O) groups excluding carboxylic acids is 1. The zero-order valence-electron chi connectivity index (χ0n) is 19.0. The van der Waals surface area contributed by atoms with E-state index in [-0.39, 0.29) is 5.97 Å². The molecule has 0 aromatic carbocycles. The standard InChI is InChI=1S/C25H48O2/c1-5-6-7-8-9-10-11-12-13-14-15-16-17-18-19-20-21-24(22-23(2)3)25(26)27-4/h22-23H,5-21H2,1-4H3. The van der Waals surface area contributed by atoms with Gasteiger partial charge in [0.15, 0.2) is 0 Å². The van der Waals surface area contributed by atoms with Crippen molar-refractivity contribution in [2.45, 2.75) is 130 Å². The molecule has 27 heavy (non-hydrogen) atoms. The largest absolute Gasteiger partial charge is 0.466 e. The lowest BCUT2D eigenvalue weighted by molar-refractivity contribution is -0.136. The van der Waals surface area contributed by atoms with E-state index >= 15 is 0 Å². The molecule has 0 aliphatic heterocycles. The Kier molecular flexibility index (Phi) is 19.4. The second-order valence-electron chi connectivity index (χ2n) is 8.48. The summed E-state index contributed by atoms with van der Waals surface area (Å²) in [6.07, 6.45) is 24.9. The van der Waals surface area contributed by atoms with Crippen LogP contribution in [0.5, 0.6) is 0 Å². The summed E-state index contributed by atoms with van der Waals surface area (Å²) in [7, 11) is 1.48. The van der Waals surface area contributed by atoms with Gasteiger partial charge in [0, 0.05) is 5.57 Å². The molecule has 0 rings (SSSR count). The minimum absolute atomic E-state index is 0.148. The van der Waals surface area contributed by atoms with Gasteiger partial charge >= 0.3 is 5.97 Å². The fraction of sp³-hybridized carbons (Fsp3) is 0.880. The molecule has 160 valence electrons. The van der Waals surface area contributed by atoms with Crippen LogP contribution in [-0.4, -0.2) is 13.1 Å². The summed E-state index contributed by atoms with van der Waals surface area (Å²) >= 11 is 0. The summed E-state index contributed by atoms with van der Waals surface area (Å²) in [5, 5.41) is 0. The van der Waals surface area contributed by atoms with E-state index in [4.69, 9.17) is 4.74 Å². The molecule has 0 spiro atoms. The van der Waals surface area contributed by atoms with E-state index in [1.165, 1.54) is 103 Å². The van der Waals surface area contributed by atoms with Crippen molar-refractivity contribution in [2.24, 2.45) is 5.92 Å². The van der Waals surface area contributed by atoms with Gasteiger partial charge in [0.2, 0.25) is 0 Å². The third kappa shape index (κ3) is 18.3. The van der Waals surface area contributed by atoms with Crippen molar-refractivity contribution in [1.29, 1.82) is 0 Å². The molecule has 0 saturated carbocycles. The van der Waals surface area contributed by atoms with Crippen molar-refractivity contribution in [3.8, 4) is 0 Å². The average Bonchev–Trinajstić information content (AvgIpc) is 2.65. The van der Waals surface area contributed by atoms with Crippen LogP contribution < -0.4 is 0 Å². The molecule has 0 atom stereocenters. The van der Waals surface area contributed by atoms with Crippen molar-refractivity contribution >= 4 is 5.97 Å². The topological polar surface area (TPSA) is 26.3 Å². The second-order valence-corrected chi connectivity index (χ2v) is 8.48. The molecule has 0 aromatic heterocycles. The van der Waals surface area contributed by atoms with Crippen LogP contribution in [-0.2, 0) is 9.53 Å². The minimum Gasteiger partial charge on any atom is -0.466 e. The monoisotopic (exact) mass is 380 g/mol. The molecule has 0 aliphatic carbocycles. The Morgan fingerprint density at radius 3 is 1.41 bits per heavy atom. The zero-order valence-corrected chi connectivity index (χ0v) is 19.0. The van der Waals surface area contributed by atoms with Gasteiger partial charge in [-0.05, 0) is 18.8 Å². The van der Waals surface area contributed by atoms with Gasteiger partial charge in [-0.2, -0.15) is 0 Å². The smallest absolute Gasteiger partial charge is 0.333 e. The highest BCUT2D eigenvalue weighted by atomic mass is 16.5. The molecule has 0 saturated heterocycles. The van der Waals surface area contributed by atoms with Gasteiger partial charge in [0.1, 0.15) is 0 Å². The first-order valence-corrected chi connectivity index (χ1v) is 11.9. The van der Waals surface area contributed by atoms with Gasteiger partial charge in [0.25, 0.3) is 0 Å². The van der Waals surface area contributed by atoms with Crippen LogP contribution in [0.25, 0.3) is 0 Å². The first-order valence-electron chi connectivity index (χ1n) is 11.9. The fourth-order valence-electron chi connectivity index (χ4n) is 3.65. The first kappa shape index (κ1) is 26.2. The maximum absolute atomic E-state index is 11.7. The third-order valence-corrected chi connectivity index (χ3v) is 5.28. The lowest BCUT2D eigenvalue weighted by Crippen LogP contribution is -2.06. The number of allylic oxidation sites excluding steroid dienone is 1. The Labute approximate surface area is 170 Å². The van der Waals surface area contributed by atoms with E-state index in [1.54, 1.807) is 0 Å². The van der Waals surface area contributed by atoms with E-state index in [0.717, 1.165) is 18.4 Å². The number of methoxy groups -OCH3 is 1. The van der Waals surface area contributed by atoms with Crippen molar-refractivity contribution in [1.82, 2.24) is 0 Å². The highest BCUT2D eigenvalue weighted by molar-refractivity contribution is 5.88. The van der Waals surface area contributed by atoms with Crippen molar-refractivity contribution < 1.29 is 9.53 Å². The summed E-state index contributed by atoms with van der Waals surface area (Å²) in [4.78, 5) is 11.7.